The topological polar surface area (TPSA) is 44.8 Å². The van der Waals surface area contributed by atoms with E-state index in [2.05, 4.69) is 9.47 Å². The van der Waals surface area contributed by atoms with E-state index >= 15 is 0 Å². The van der Waals surface area contributed by atoms with Crippen molar-refractivity contribution in [1.82, 2.24) is 0 Å². The van der Waals surface area contributed by atoms with E-state index in [1.54, 1.807) is 6.07 Å². The molecule has 1 aromatic carbocycles. The predicted octanol–water partition coefficient (Wildman–Crippen LogP) is 2.48. The van der Waals surface area contributed by atoms with Gasteiger partial charge in [0, 0.05) is 6.08 Å². The van der Waals surface area contributed by atoms with Gasteiger partial charge < -0.3 is 14.2 Å². The summed E-state index contributed by atoms with van der Waals surface area (Å²) in [4.78, 5) is 10.9. The molecule has 0 unspecified atom stereocenters. The van der Waals surface area contributed by atoms with Gasteiger partial charge in [-0.15, -0.1) is 0 Å². The van der Waals surface area contributed by atoms with Crippen LogP contribution in [-0.4, -0.2) is 26.8 Å². The number of methoxy groups -OCH3 is 2. The molecule has 0 aliphatic rings. The van der Waals surface area contributed by atoms with Crippen LogP contribution in [0.25, 0.3) is 6.08 Å². The number of carbonyl (C=O) groups is 1. The largest absolute Gasteiger partial charge is 0.493 e. The number of hydrogen-bond acceptors (Lipinski definition) is 4. The minimum absolute atomic E-state index is 0.0977. The monoisotopic (exact) mass is 258 g/mol. The van der Waals surface area contributed by atoms with Gasteiger partial charge in [-0.05, 0) is 23.8 Å². The zero-order chi connectivity index (χ0) is 13.5. The molecule has 6 heteroatoms. The van der Waals surface area contributed by atoms with Gasteiger partial charge >= 0.3 is 12.6 Å². The number of ether oxygens (including phenoxy) is 3. The molecular formula is C12H12F2O4. The van der Waals surface area contributed by atoms with Crippen molar-refractivity contribution < 1.29 is 27.8 Å². The summed E-state index contributed by atoms with van der Waals surface area (Å²) in [6.45, 7) is -2.95. The zero-order valence-electron chi connectivity index (χ0n) is 9.85. The molecule has 0 atom stereocenters. The van der Waals surface area contributed by atoms with Crippen molar-refractivity contribution in [3.8, 4) is 11.5 Å². The van der Waals surface area contributed by atoms with Crippen LogP contribution in [0.5, 0.6) is 11.5 Å². The first kappa shape index (κ1) is 14.0. The van der Waals surface area contributed by atoms with Crippen LogP contribution in [0.2, 0.25) is 0 Å². The molecule has 1 aromatic rings. The lowest BCUT2D eigenvalue weighted by molar-refractivity contribution is -0.134. The molecule has 0 saturated heterocycles. The molecule has 0 aliphatic carbocycles. The van der Waals surface area contributed by atoms with Crippen LogP contribution in [0.3, 0.4) is 0 Å². The maximum Gasteiger partial charge on any atom is 0.387 e. The number of esters is 1. The first-order valence-corrected chi connectivity index (χ1v) is 4.95. The number of alkyl halides is 2. The Hall–Kier alpha value is -2.11. The van der Waals surface area contributed by atoms with E-state index in [-0.39, 0.29) is 11.5 Å². The summed E-state index contributed by atoms with van der Waals surface area (Å²) in [7, 11) is 2.59. The number of carbonyl (C=O) groups excluding carboxylic acids is 1. The lowest BCUT2D eigenvalue weighted by Gasteiger charge is -2.10. The summed E-state index contributed by atoms with van der Waals surface area (Å²) >= 11 is 0. The Labute approximate surface area is 103 Å². The zero-order valence-corrected chi connectivity index (χ0v) is 9.85. The van der Waals surface area contributed by atoms with Crippen LogP contribution >= 0.6 is 0 Å². The van der Waals surface area contributed by atoms with E-state index in [0.717, 1.165) is 0 Å². The molecule has 1 rings (SSSR count). The van der Waals surface area contributed by atoms with Gasteiger partial charge in [-0.3, -0.25) is 0 Å². The number of hydrogen-bond donors (Lipinski definition) is 0. The summed E-state index contributed by atoms with van der Waals surface area (Å²) < 4.78 is 37.9. The van der Waals surface area contributed by atoms with Crippen molar-refractivity contribution in [2.45, 2.75) is 6.61 Å². The molecule has 4 nitrogen and oxygen atoms in total. The Morgan fingerprint density at radius 3 is 2.56 bits per heavy atom. The third-order valence-electron chi connectivity index (χ3n) is 2.02. The Kier molecular flexibility index (Phi) is 5.10. The quantitative estimate of drug-likeness (QED) is 0.601. The van der Waals surface area contributed by atoms with Crippen LogP contribution in [0.15, 0.2) is 24.3 Å². The van der Waals surface area contributed by atoms with E-state index in [4.69, 9.17) is 4.74 Å². The third-order valence-corrected chi connectivity index (χ3v) is 2.02. The van der Waals surface area contributed by atoms with Crippen LogP contribution in [-0.2, 0) is 9.53 Å². The van der Waals surface area contributed by atoms with Gasteiger partial charge in [0.15, 0.2) is 11.5 Å². The smallest absolute Gasteiger partial charge is 0.387 e. The Balaban J connectivity index is 2.95. The molecule has 0 spiro atoms. The van der Waals surface area contributed by atoms with Crippen molar-refractivity contribution in [2.75, 3.05) is 14.2 Å². The first-order chi connectivity index (χ1) is 8.56. The molecule has 0 aromatic heterocycles. The summed E-state index contributed by atoms with van der Waals surface area (Å²) in [6, 6.07) is 4.40. The molecule has 0 saturated carbocycles. The van der Waals surface area contributed by atoms with Gasteiger partial charge in [0.05, 0.1) is 14.2 Å². The summed E-state index contributed by atoms with van der Waals surface area (Å²) in [6.07, 6.45) is 2.59. The van der Waals surface area contributed by atoms with Gasteiger partial charge in [0.2, 0.25) is 0 Å². The average molecular weight is 258 g/mol. The molecule has 0 bridgehead atoms. The third kappa shape index (κ3) is 4.04. The minimum Gasteiger partial charge on any atom is -0.493 e. The van der Waals surface area contributed by atoms with Crippen LogP contribution < -0.4 is 9.47 Å². The number of rotatable bonds is 5. The highest BCUT2D eigenvalue weighted by atomic mass is 19.3. The standard InChI is InChI=1S/C12H12F2O4/c1-16-9-5-3-8(4-6-11(15)17-2)7-10(9)18-12(13)14/h3-7,12H,1-2H3/b6-4+. The summed E-state index contributed by atoms with van der Waals surface area (Å²) in [5.41, 5.74) is 0.511. The molecule has 0 fully saturated rings. The molecule has 18 heavy (non-hydrogen) atoms. The minimum atomic E-state index is -2.95. The lowest BCUT2D eigenvalue weighted by Crippen LogP contribution is -2.03. The van der Waals surface area contributed by atoms with E-state index in [1.807, 2.05) is 0 Å². The van der Waals surface area contributed by atoms with E-state index in [9.17, 15) is 13.6 Å². The Morgan fingerprint density at radius 2 is 2.00 bits per heavy atom. The highest BCUT2D eigenvalue weighted by molar-refractivity contribution is 5.87. The number of benzene rings is 1. The number of halogens is 2. The van der Waals surface area contributed by atoms with Gasteiger partial charge in [-0.1, -0.05) is 6.07 Å². The van der Waals surface area contributed by atoms with Crippen LogP contribution in [0.1, 0.15) is 5.56 Å². The fourth-order valence-electron chi connectivity index (χ4n) is 1.22. The van der Waals surface area contributed by atoms with Crippen molar-refractivity contribution in [3.63, 3.8) is 0 Å². The highest BCUT2D eigenvalue weighted by Gasteiger charge is 2.10. The van der Waals surface area contributed by atoms with Crippen molar-refractivity contribution in [1.29, 1.82) is 0 Å². The molecular weight excluding hydrogens is 246 g/mol. The fourth-order valence-corrected chi connectivity index (χ4v) is 1.22. The second kappa shape index (κ2) is 6.58. The van der Waals surface area contributed by atoms with E-state index in [0.29, 0.717) is 5.56 Å². The molecule has 0 N–H and O–H groups in total. The first-order valence-electron chi connectivity index (χ1n) is 4.95. The van der Waals surface area contributed by atoms with E-state index in [1.165, 1.54) is 38.5 Å². The molecule has 0 amide bonds. The van der Waals surface area contributed by atoms with Crippen LogP contribution in [0, 0.1) is 0 Å². The van der Waals surface area contributed by atoms with Gasteiger partial charge in [0.25, 0.3) is 0 Å². The molecule has 0 radical (unpaired) electrons. The molecule has 98 valence electrons. The normalized spacial score (nSPS) is 10.7. The second-order valence-corrected chi connectivity index (χ2v) is 3.15. The average Bonchev–Trinajstić information content (AvgIpc) is 2.35. The highest BCUT2D eigenvalue weighted by Crippen LogP contribution is 2.29. The van der Waals surface area contributed by atoms with Crippen LogP contribution in [0.4, 0.5) is 8.78 Å². The summed E-state index contributed by atoms with van der Waals surface area (Å²) in [5.74, 6) is -0.452. The molecule has 0 heterocycles. The van der Waals surface area contributed by atoms with E-state index < -0.39 is 12.6 Å². The second-order valence-electron chi connectivity index (χ2n) is 3.15. The maximum absolute atomic E-state index is 12.2. The van der Waals surface area contributed by atoms with Crippen molar-refractivity contribution in [3.05, 3.63) is 29.8 Å². The van der Waals surface area contributed by atoms with Gasteiger partial charge in [-0.2, -0.15) is 8.78 Å². The summed E-state index contributed by atoms with van der Waals surface area (Å²) in [5, 5.41) is 0. The SMILES string of the molecule is COC(=O)/C=C/c1ccc(OC)c(OC(F)F)c1. The predicted molar refractivity (Wildman–Crippen MR) is 60.7 cm³/mol. The maximum atomic E-state index is 12.2. The fraction of sp³-hybridized carbons (Fsp3) is 0.250. The van der Waals surface area contributed by atoms with Gasteiger partial charge in [-0.25, -0.2) is 4.79 Å². The Bertz CT molecular complexity index is 444. The Morgan fingerprint density at radius 1 is 1.28 bits per heavy atom. The van der Waals surface area contributed by atoms with Gasteiger partial charge in [0.1, 0.15) is 0 Å². The van der Waals surface area contributed by atoms with Crippen molar-refractivity contribution in [2.24, 2.45) is 0 Å². The molecule has 0 aliphatic heterocycles. The lowest BCUT2D eigenvalue weighted by atomic mass is 10.2. The van der Waals surface area contributed by atoms with Crippen molar-refractivity contribution >= 4 is 12.0 Å².